The fourth-order valence-corrected chi connectivity index (χ4v) is 8.59. The lowest BCUT2D eigenvalue weighted by Crippen LogP contribution is -2.47. The molecule has 1 saturated heterocycles. The number of sulfonamides is 1. The smallest absolute Gasteiger partial charge is 0.243 e. The number of hydrogen-bond acceptors (Lipinski definition) is 3. The fourth-order valence-electron chi connectivity index (χ4n) is 6.88. The summed E-state index contributed by atoms with van der Waals surface area (Å²) in [6.07, 6.45) is 8.72. The molecule has 5 atom stereocenters. The van der Waals surface area contributed by atoms with Crippen LogP contribution in [0.25, 0.3) is 0 Å². The first-order valence-corrected chi connectivity index (χ1v) is 13.3. The minimum atomic E-state index is -3.75. The molecule has 5 rings (SSSR count). The van der Waals surface area contributed by atoms with Crippen LogP contribution in [0.4, 0.5) is 4.39 Å². The van der Waals surface area contributed by atoms with Gasteiger partial charge in [0.05, 0.1) is 4.90 Å². The maximum absolute atomic E-state index is 13.6. The number of halogens is 1. The number of hydrogen-bond donors (Lipinski definition) is 1. The molecule has 0 radical (unpaired) electrons. The van der Waals surface area contributed by atoms with Crippen LogP contribution in [-0.4, -0.2) is 37.8 Å². The summed E-state index contributed by atoms with van der Waals surface area (Å²) in [5.41, 5.74) is 0.540. The number of nitrogens with zero attached hydrogens (tertiary/aromatic N) is 1. The molecule has 0 aromatic heterocycles. The first-order chi connectivity index (χ1) is 14.8. The highest BCUT2D eigenvalue weighted by Gasteiger charge is 2.46. The van der Waals surface area contributed by atoms with Crippen LogP contribution in [0.15, 0.2) is 23.1 Å². The van der Waals surface area contributed by atoms with Crippen molar-refractivity contribution in [2.24, 2.45) is 29.6 Å². The number of nitrogens with one attached hydrogen (secondary N) is 1. The van der Waals surface area contributed by atoms with Gasteiger partial charge in [0.25, 0.3) is 0 Å². The molecule has 1 aromatic carbocycles. The Balaban J connectivity index is 1.20. The summed E-state index contributed by atoms with van der Waals surface area (Å²) in [5, 5.41) is 3.37. The standard InChI is InChI=1S/C24H33FN2O3S/c1-15-2-4-21(25)14-23(15)31(29,30)27-8-6-17(7-9-27)24(28)26-22-5-3-18-10-16-11-19(18)13-20(22)12-16/h2,4,14,16-20,22H,3,5-13H2,1H3,(H,26,28). The Bertz CT molecular complexity index is 958. The summed E-state index contributed by atoms with van der Waals surface area (Å²) in [5.74, 6) is 2.65. The largest absolute Gasteiger partial charge is 0.353 e. The predicted octanol–water partition coefficient (Wildman–Crippen LogP) is 3.87. The second-order valence-corrected chi connectivity index (χ2v) is 12.3. The van der Waals surface area contributed by atoms with E-state index in [0.717, 1.165) is 30.2 Å². The van der Waals surface area contributed by atoms with Gasteiger partial charge in [0.1, 0.15) is 5.82 Å². The van der Waals surface area contributed by atoms with Gasteiger partial charge in [-0.15, -0.1) is 0 Å². The molecule has 1 aliphatic heterocycles. The lowest BCUT2D eigenvalue weighted by molar-refractivity contribution is -0.127. The number of amides is 1. The second kappa shape index (κ2) is 8.14. The van der Waals surface area contributed by atoms with Crippen LogP contribution < -0.4 is 5.32 Å². The highest BCUT2D eigenvalue weighted by molar-refractivity contribution is 7.89. The van der Waals surface area contributed by atoms with Crippen molar-refractivity contribution in [3.8, 4) is 0 Å². The molecule has 5 unspecified atom stereocenters. The van der Waals surface area contributed by atoms with Crippen molar-refractivity contribution in [1.82, 2.24) is 9.62 Å². The van der Waals surface area contributed by atoms with Gasteiger partial charge in [0, 0.05) is 25.0 Å². The van der Waals surface area contributed by atoms with Crippen LogP contribution in [0.5, 0.6) is 0 Å². The van der Waals surface area contributed by atoms with Crippen molar-refractivity contribution < 1.29 is 17.6 Å². The van der Waals surface area contributed by atoms with E-state index in [-0.39, 0.29) is 16.7 Å². The van der Waals surface area contributed by atoms with Crippen molar-refractivity contribution in [1.29, 1.82) is 0 Å². The Morgan fingerprint density at radius 3 is 2.48 bits per heavy atom. The van der Waals surface area contributed by atoms with E-state index < -0.39 is 15.8 Å². The first-order valence-electron chi connectivity index (χ1n) is 11.9. The SMILES string of the molecule is Cc1ccc(F)cc1S(=O)(=O)N1CCC(C(=O)NC2CCC3CC4CC3CC2C4)CC1. The number of piperidine rings is 1. The van der Waals surface area contributed by atoms with Gasteiger partial charge in [-0.3, -0.25) is 4.79 Å². The van der Waals surface area contributed by atoms with Crippen molar-refractivity contribution in [3.05, 3.63) is 29.6 Å². The van der Waals surface area contributed by atoms with E-state index in [1.54, 1.807) is 6.92 Å². The van der Waals surface area contributed by atoms with Gasteiger partial charge in [0.2, 0.25) is 15.9 Å². The third-order valence-electron chi connectivity index (χ3n) is 8.52. The molecule has 4 aliphatic rings. The van der Waals surface area contributed by atoms with Crippen LogP contribution in [0.1, 0.15) is 56.9 Å². The van der Waals surface area contributed by atoms with E-state index in [9.17, 15) is 17.6 Å². The van der Waals surface area contributed by atoms with Crippen molar-refractivity contribution in [2.45, 2.75) is 69.2 Å². The van der Waals surface area contributed by atoms with Gasteiger partial charge in [-0.2, -0.15) is 4.31 Å². The van der Waals surface area contributed by atoms with Gasteiger partial charge in [-0.05, 0) is 99.7 Å². The van der Waals surface area contributed by atoms with Crippen LogP contribution in [0, 0.1) is 42.3 Å². The van der Waals surface area contributed by atoms with Crippen LogP contribution >= 0.6 is 0 Å². The highest BCUT2D eigenvalue weighted by atomic mass is 32.2. The lowest BCUT2D eigenvalue weighted by atomic mass is 9.77. The van der Waals surface area contributed by atoms with E-state index >= 15 is 0 Å². The van der Waals surface area contributed by atoms with Crippen LogP contribution in [0.2, 0.25) is 0 Å². The summed E-state index contributed by atoms with van der Waals surface area (Å²) in [7, 11) is -3.75. The fraction of sp³-hybridized carbons (Fsp3) is 0.708. The molecular weight excluding hydrogens is 415 g/mol. The Hall–Kier alpha value is -1.47. The Kier molecular flexibility index (Phi) is 5.62. The topological polar surface area (TPSA) is 66.5 Å². The molecule has 3 aliphatic carbocycles. The summed E-state index contributed by atoms with van der Waals surface area (Å²) in [6.45, 7) is 2.28. The number of fused-ring (bicyclic) bond motifs is 2. The highest BCUT2D eigenvalue weighted by Crippen LogP contribution is 2.53. The zero-order chi connectivity index (χ0) is 21.8. The van der Waals surface area contributed by atoms with Crippen molar-refractivity contribution in [2.75, 3.05) is 13.1 Å². The normalized spacial score (nSPS) is 33.9. The summed E-state index contributed by atoms with van der Waals surface area (Å²) < 4.78 is 41.1. The minimum Gasteiger partial charge on any atom is -0.353 e. The molecule has 1 N–H and O–H groups in total. The van der Waals surface area contributed by atoms with Gasteiger partial charge >= 0.3 is 0 Å². The first kappa shape index (κ1) is 21.4. The molecular formula is C24H33FN2O3S. The molecule has 1 amide bonds. The van der Waals surface area contributed by atoms with Crippen LogP contribution in [0.3, 0.4) is 0 Å². The number of rotatable bonds is 4. The zero-order valence-corrected chi connectivity index (χ0v) is 19.0. The number of carbonyl (C=O) groups excluding carboxylic acids is 1. The van der Waals surface area contributed by atoms with Gasteiger partial charge in [-0.1, -0.05) is 6.07 Å². The Morgan fingerprint density at radius 2 is 1.71 bits per heavy atom. The van der Waals surface area contributed by atoms with E-state index in [2.05, 4.69) is 5.32 Å². The van der Waals surface area contributed by atoms with E-state index in [0.29, 0.717) is 43.5 Å². The third-order valence-corrected chi connectivity index (χ3v) is 10.6. The summed E-state index contributed by atoms with van der Waals surface area (Å²) >= 11 is 0. The zero-order valence-electron chi connectivity index (χ0n) is 18.2. The summed E-state index contributed by atoms with van der Waals surface area (Å²) in [6, 6.07) is 4.16. The van der Waals surface area contributed by atoms with Gasteiger partial charge in [0.15, 0.2) is 0 Å². The number of aryl methyl sites for hydroxylation is 1. The molecule has 7 heteroatoms. The molecule has 31 heavy (non-hydrogen) atoms. The second-order valence-electron chi connectivity index (χ2n) is 10.4. The monoisotopic (exact) mass is 448 g/mol. The molecule has 3 bridgehead atoms. The van der Waals surface area contributed by atoms with Crippen molar-refractivity contribution in [3.63, 3.8) is 0 Å². The Labute approximate surface area is 184 Å². The predicted molar refractivity (Wildman–Crippen MR) is 116 cm³/mol. The maximum Gasteiger partial charge on any atom is 0.243 e. The summed E-state index contributed by atoms with van der Waals surface area (Å²) in [4.78, 5) is 13.1. The number of carbonyl (C=O) groups is 1. The molecule has 5 nitrogen and oxygen atoms in total. The third kappa shape index (κ3) is 4.04. The Morgan fingerprint density at radius 1 is 1.00 bits per heavy atom. The van der Waals surface area contributed by atoms with E-state index in [4.69, 9.17) is 0 Å². The van der Waals surface area contributed by atoms with E-state index in [1.807, 2.05) is 0 Å². The molecule has 1 aromatic rings. The number of benzene rings is 1. The van der Waals surface area contributed by atoms with Gasteiger partial charge in [-0.25, -0.2) is 12.8 Å². The molecule has 4 fully saturated rings. The van der Waals surface area contributed by atoms with Crippen molar-refractivity contribution >= 4 is 15.9 Å². The van der Waals surface area contributed by atoms with E-state index in [1.165, 1.54) is 48.5 Å². The minimum absolute atomic E-state index is 0.0271. The molecule has 170 valence electrons. The molecule has 1 heterocycles. The van der Waals surface area contributed by atoms with Gasteiger partial charge < -0.3 is 5.32 Å². The average molecular weight is 449 g/mol. The van der Waals surface area contributed by atoms with Crippen LogP contribution in [-0.2, 0) is 14.8 Å². The molecule has 3 saturated carbocycles. The lowest BCUT2D eigenvalue weighted by Gasteiger charge is -2.35. The molecule has 0 spiro atoms. The maximum atomic E-state index is 13.6. The quantitative estimate of drug-likeness (QED) is 0.761. The average Bonchev–Trinajstić information content (AvgIpc) is 2.98.